The summed E-state index contributed by atoms with van der Waals surface area (Å²) in [5, 5.41) is 12.6. The van der Waals surface area contributed by atoms with Gasteiger partial charge in [0.15, 0.2) is 0 Å². The number of nitrogens with two attached hydrogens (primary N) is 1. The van der Waals surface area contributed by atoms with E-state index < -0.39 is 12.1 Å². The largest absolute Gasteiger partial charge is 0.491 e. The normalized spacial score (nSPS) is 12.6. The number of aryl methyl sites for hydroxylation is 2. The Balaban J connectivity index is 0.00000312. The van der Waals surface area contributed by atoms with E-state index in [-0.39, 0.29) is 31.5 Å². The molecule has 2 rings (SSSR count). The molecule has 0 aliphatic carbocycles. The lowest BCUT2D eigenvalue weighted by molar-refractivity contribution is -0.123. The number of nitrogens with one attached hydrogen (secondary N) is 1. The summed E-state index contributed by atoms with van der Waals surface area (Å²) in [5.74, 6) is 0.366. The molecule has 0 saturated carbocycles. The molecule has 25 heavy (non-hydrogen) atoms. The van der Waals surface area contributed by atoms with Gasteiger partial charge in [-0.25, -0.2) is 0 Å². The van der Waals surface area contributed by atoms with Crippen molar-refractivity contribution in [2.75, 3.05) is 13.2 Å². The van der Waals surface area contributed by atoms with Gasteiger partial charge in [0.05, 0.1) is 0 Å². The fourth-order valence-electron chi connectivity index (χ4n) is 2.21. The van der Waals surface area contributed by atoms with Crippen LogP contribution in [0.3, 0.4) is 0 Å². The van der Waals surface area contributed by atoms with Crippen LogP contribution in [-0.2, 0) is 4.79 Å². The molecule has 0 radical (unpaired) electrons. The molecule has 2 aromatic rings. The maximum absolute atomic E-state index is 12.1. The highest BCUT2D eigenvalue weighted by molar-refractivity contribution is 5.85. The van der Waals surface area contributed by atoms with E-state index in [9.17, 15) is 9.90 Å². The van der Waals surface area contributed by atoms with Gasteiger partial charge in [-0.15, -0.1) is 12.4 Å². The molecule has 0 aliphatic rings. The first-order chi connectivity index (χ1) is 11.5. The van der Waals surface area contributed by atoms with Crippen LogP contribution in [0.5, 0.6) is 5.75 Å². The van der Waals surface area contributed by atoms with E-state index in [1.165, 1.54) is 0 Å². The third-order valence-electron chi connectivity index (χ3n) is 3.66. The van der Waals surface area contributed by atoms with Gasteiger partial charge >= 0.3 is 0 Å². The van der Waals surface area contributed by atoms with Gasteiger partial charge in [0.25, 0.3) is 0 Å². The number of hydrogen-bond donors (Lipinski definition) is 3. The molecule has 0 aliphatic heterocycles. The summed E-state index contributed by atoms with van der Waals surface area (Å²) in [6.07, 6.45) is -0.806. The summed E-state index contributed by atoms with van der Waals surface area (Å²) < 4.78 is 5.51. The fourth-order valence-corrected chi connectivity index (χ4v) is 2.21. The van der Waals surface area contributed by atoms with Crippen molar-refractivity contribution in [1.82, 2.24) is 5.32 Å². The maximum atomic E-state index is 12.1. The van der Waals surface area contributed by atoms with Gasteiger partial charge in [-0.2, -0.15) is 0 Å². The molecule has 0 aromatic heterocycles. The number of rotatable bonds is 7. The van der Waals surface area contributed by atoms with Crippen LogP contribution >= 0.6 is 12.4 Å². The predicted octanol–water partition coefficient (Wildman–Crippen LogP) is 2.28. The van der Waals surface area contributed by atoms with Crippen molar-refractivity contribution in [2.24, 2.45) is 5.73 Å². The molecule has 6 heteroatoms. The minimum Gasteiger partial charge on any atom is -0.491 e. The van der Waals surface area contributed by atoms with Crippen molar-refractivity contribution in [2.45, 2.75) is 26.0 Å². The summed E-state index contributed by atoms with van der Waals surface area (Å²) in [7, 11) is 0. The molecular formula is C19H25ClN2O3. The van der Waals surface area contributed by atoms with Crippen LogP contribution in [-0.4, -0.2) is 30.3 Å². The Morgan fingerprint density at radius 1 is 1.16 bits per heavy atom. The van der Waals surface area contributed by atoms with E-state index >= 15 is 0 Å². The van der Waals surface area contributed by atoms with E-state index in [0.717, 1.165) is 16.7 Å². The summed E-state index contributed by atoms with van der Waals surface area (Å²) in [6, 6.07) is 14.3. The van der Waals surface area contributed by atoms with Crippen LogP contribution in [0, 0.1) is 13.8 Å². The number of carbonyl (C=O) groups is 1. The van der Waals surface area contributed by atoms with Crippen LogP contribution in [0.25, 0.3) is 0 Å². The topological polar surface area (TPSA) is 84.6 Å². The van der Waals surface area contributed by atoms with Gasteiger partial charge < -0.3 is 20.9 Å². The second-order valence-corrected chi connectivity index (χ2v) is 5.91. The van der Waals surface area contributed by atoms with Crippen molar-refractivity contribution < 1.29 is 14.6 Å². The Kier molecular flexibility index (Phi) is 8.41. The third-order valence-corrected chi connectivity index (χ3v) is 3.66. The second kappa shape index (κ2) is 10.0. The molecule has 0 saturated heterocycles. The summed E-state index contributed by atoms with van der Waals surface area (Å²) >= 11 is 0. The third kappa shape index (κ3) is 6.74. The highest BCUT2D eigenvalue weighted by Crippen LogP contribution is 2.13. The summed E-state index contributed by atoms with van der Waals surface area (Å²) in [4.78, 5) is 12.1. The van der Waals surface area contributed by atoms with Gasteiger partial charge in [-0.05, 0) is 37.1 Å². The fraction of sp³-hybridized carbons (Fsp3) is 0.316. The van der Waals surface area contributed by atoms with E-state index in [1.807, 2.05) is 62.4 Å². The molecule has 0 fully saturated rings. The van der Waals surface area contributed by atoms with E-state index in [1.54, 1.807) is 0 Å². The Morgan fingerprint density at radius 3 is 2.48 bits per heavy atom. The SMILES string of the molecule is Cc1ccc(C(N)C(=O)NCC(O)COc2cccc(C)c2)cc1.Cl. The Labute approximate surface area is 154 Å². The lowest BCUT2D eigenvalue weighted by atomic mass is 10.1. The smallest absolute Gasteiger partial charge is 0.241 e. The van der Waals surface area contributed by atoms with Gasteiger partial charge in [0, 0.05) is 6.54 Å². The van der Waals surface area contributed by atoms with E-state index in [0.29, 0.717) is 5.75 Å². The van der Waals surface area contributed by atoms with Gasteiger partial charge in [0.2, 0.25) is 5.91 Å². The molecule has 136 valence electrons. The monoisotopic (exact) mass is 364 g/mol. The van der Waals surface area contributed by atoms with Crippen molar-refractivity contribution in [1.29, 1.82) is 0 Å². The van der Waals surface area contributed by atoms with Crippen LogP contribution < -0.4 is 15.8 Å². The molecule has 0 bridgehead atoms. The second-order valence-electron chi connectivity index (χ2n) is 5.91. The van der Waals surface area contributed by atoms with Gasteiger partial charge in [-0.1, -0.05) is 42.0 Å². The molecule has 4 N–H and O–H groups in total. The molecule has 0 spiro atoms. The lowest BCUT2D eigenvalue weighted by Gasteiger charge is -2.16. The minimum atomic E-state index is -0.806. The number of aliphatic hydroxyl groups excluding tert-OH is 1. The quantitative estimate of drug-likeness (QED) is 0.703. The molecular weight excluding hydrogens is 340 g/mol. The summed E-state index contributed by atoms with van der Waals surface area (Å²) in [5.41, 5.74) is 8.86. The molecule has 2 aromatic carbocycles. The molecule has 5 nitrogen and oxygen atoms in total. The van der Waals surface area contributed by atoms with E-state index in [2.05, 4.69) is 5.32 Å². The Morgan fingerprint density at radius 2 is 1.84 bits per heavy atom. The van der Waals surface area contributed by atoms with E-state index in [4.69, 9.17) is 10.5 Å². The zero-order chi connectivity index (χ0) is 17.5. The average molecular weight is 365 g/mol. The Hall–Kier alpha value is -2.08. The predicted molar refractivity (Wildman–Crippen MR) is 101 cm³/mol. The molecule has 0 heterocycles. The van der Waals surface area contributed by atoms with Crippen LogP contribution in [0.15, 0.2) is 48.5 Å². The first-order valence-corrected chi connectivity index (χ1v) is 7.93. The standard InChI is InChI=1S/C19H24N2O3.ClH/c1-13-6-8-15(9-7-13)18(20)19(23)21-11-16(22)12-24-17-5-3-4-14(2)10-17;/h3-10,16,18,22H,11-12,20H2,1-2H3,(H,21,23);1H. The number of amides is 1. The van der Waals surface area contributed by atoms with Crippen LogP contribution in [0.2, 0.25) is 0 Å². The zero-order valence-electron chi connectivity index (χ0n) is 14.4. The average Bonchev–Trinajstić information content (AvgIpc) is 2.58. The highest BCUT2D eigenvalue weighted by Gasteiger charge is 2.16. The van der Waals surface area contributed by atoms with Crippen LogP contribution in [0.1, 0.15) is 22.7 Å². The van der Waals surface area contributed by atoms with Gasteiger partial charge in [0.1, 0.15) is 24.5 Å². The molecule has 1 amide bonds. The maximum Gasteiger partial charge on any atom is 0.241 e. The first kappa shape index (κ1) is 21.0. The number of halogens is 1. The summed E-state index contributed by atoms with van der Waals surface area (Å²) in [6.45, 7) is 4.13. The van der Waals surface area contributed by atoms with Crippen molar-refractivity contribution >= 4 is 18.3 Å². The Bertz CT molecular complexity index is 677. The first-order valence-electron chi connectivity index (χ1n) is 7.93. The van der Waals surface area contributed by atoms with Crippen molar-refractivity contribution in [3.8, 4) is 5.75 Å². The van der Waals surface area contributed by atoms with Crippen molar-refractivity contribution in [3.05, 3.63) is 65.2 Å². The minimum absolute atomic E-state index is 0. The lowest BCUT2D eigenvalue weighted by Crippen LogP contribution is -2.40. The van der Waals surface area contributed by atoms with Gasteiger partial charge in [-0.3, -0.25) is 4.79 Å². The molecule has 2 atom stereocenters. The zero-order valence-corrected chi connectivity index (χ0v) is 15.3. The number of aliphatic hydroxyl groups is 1. The number of ether oxygens (including phenoxy) is 1. The highest BCUT2D eigenvalue weighted by atomic mass is 35.5. The van der Waals surface area contributed by atoms with Crippen LogP contribution in [0.4, 0.5) is 0 Å². The number of benzene rings is 2. The number of hydrogen-bond acceptors (Lipinski definition) is 4. The molecule has 2 unspecified atom stereocenters. The number of carbonyl (C=O) groups excluding carboxylic acids is 1. The van der Waals surface area contributed by atoms with Crippen molar-refractivity contribution in [3.63, 3.8) is 0 Å².